The molecule has 1 amide bonds. The Morgan fingerprint density at radius 1 is 1.47 bits per heavy atom. The maximum atomic E-state index is 11.4. The number of hydrogen-bond donors (Lipinski definition) is 2. The van der Waals surface area contributed by atoms with Gasteiger partial charge in [0.2, 0.25) is 5.91 Å². The molecule has 0 radical (unpaired) electrons. The SMILES string of the molecule is Cc1cccc(CC(=O)NCCCN)c1. The number of carbonyl (C=O) groups is 1. The Balaban J connectivity index is 2.37. The minimum atomic E-state index is 0.0639. The van der Waals surface area contributed by atoms with Crippen molar-refractivity contribution in [3.05, 3.63) is 35.4 Å². The second-order valence-electron chi connectivity index (χ2n) is 3.66. The fourth-order valence-corrected chi connectivity index (χ4v) is 1.40. The molecule has 0 fully saturated rings. The van der Waals surface area contributed by atoms with Crippen molar-refractivity contribution in [2.45, 2.75) is 19.8 Å². The lowest BCUT2D eigenvalue weighted by atomic mass is 10.1. The molecule has 0 spiro atoms. The van der Waals surface area contributed by atoms with Crippen LogP contribution in [0.25, 0.3) is 0 Å². The zero-order valence-electron chi connectivity index (χ0n) is 9.12. The molecule has 0 aliphatic rings. The van der Waals surface area contributed by atoms with Crippen LogP contribution in [0.4, 0.5) is 0 Å². The molecular weight excluding hydrogens is 188 g/mol. The van der Waals surface area contributed by atoms with Crippen LogP contribution in [0, 0.1) is 6.92 Å². The largest absolute Gasteiger partial charge is 0.356 e. The van der Waals surface area contributed by atoms with Gasteiger partial charge in [0, 0.05) is 6.54 Å². The maximum Gasteiger partial charge on any atom is 0.224 e. The molecule has 0 saturated heterocycles. The molecule has 0 aromatic heterocycles. The Bertz CT molecular complexity index is 323. The van der Waals surface area contributed by atoms with Crippen molar-refractivity contribution in [1.82, 2.24) is 5.32 Å². The first kappa shape index (κ1) is 11.7. The lowest BCUT2D eigenvalue weighted by Gasteiger charge is -2.04. The Morgan fingerprint density at radius 3 is 2.93 bits per heavy atom. The van der Waals surface area contributed by atoms with E-state index in [4.69, 9.17) is 5.73 Å². The van der Waals surface area contributed by atoms with Crippen molar-refractivity contribution in [2.24, 2.45) is 5.73 Å². The third-order valence-corrected chi connectivity index (χ3v) is 2.15. The summed E-state index contributed by atoms with van der Waals surface area (Å²) in [6.07, 6.45) is 1.28. The summed E-state index contributed by atoms with van der Waals surface area (Å²) >= 11 is 0. The fraction of sp³-hybridized carbons (Fsp3) is 0.417. The number of rotatable bonds is 5. The molecule has 1 rings (SSSR count). The third kappa shape index (κ3) is 4.61. The fourth-order valence-electron chi connectivity index (χ4n) is 1.40. The third-order valence-electron chi connectivity index (χ3n) is 2.15. The number of benzene rings is 1. The van der Waals surface area contributed by atoms with Crippen molar-refractivity contribution in [3.8, 4) is 0 Å². The predicted molar refractivity (Wildman–Crippen MR) is 61.6 cm³/mol. The molecule has 0 atom stereocenters. The molecule has 1 aromatic carbocycles. The molecule has 3 heteroatoms. The van der Waals surface area contributed by atoms with E-state index in [0.29, 0.717) is 19.5 Å². The minimum absolute atomic E-state index is 0.0639. The molecule has 0 heterocycles. The highest BCUT2D eigenvalue weighted by atomic mass is 16.1. The smallest absolute Gasteiger partial charge is 0.224 e. The molecule has 15 heavy (non-hydrogen) atoms. The topological polar surface area (TPSA) is 55.1 Å². The van der Waals surface area contributed by atoms with Gasteiger partial charge in [0.05, 0.1) is 6.42 Å². The Hall–Kier alpha value is -1.35. The Morgan fingerprint density at radius 2 is 2.27 bits per heavy atom. The van der Waals surface area contributed by atoms with E-state index in [1.165, 1.54) is 5.56 Å². The first-order valence-corrected chi connectivity index (χ1v) is 5.24. The van der Waals surface area contributed by atoms with Crippen molar-refractivity contribution in [1.29, 1.82) is 0 Å². The van der Waals surface area contributed by atoms with E-state index in [1.54, 1.807) is 0 Å². The molecule has 0 aliphatic carbocycles. The summed E-state index contributed by atoms with van der Waals surface area (Å²) in [6.45, 7) is 3.31. The van der Waals surface area contributed by atoms with Crippen molar-refractivity contribution in [3.63, 3.8) is 0 Å². The highest BCUT2D eigenvalue weighted by molar-refractivity contribution is 5.78. The van der Waals surface area contributed by atoms with E-state index in [0.717, 1.165) is 12.0 Å². The number of hydrogen-bond acceptors (Lipinski definition) is 2. The van der Waals surface area contributed by atoms with Crippen LogP contribution in [0.2, 0.25) is 0 Å². The van der Waals surface area contributed by atoms with Crippen LogP contribution in [0.15, 0.2) is 24.3 Å². The summed E-state index contributed by atoms with van der Waals surface area (Å²) in [5.74, 6) is 0.0639. The van der Waals surface area contributed by atoms with Gasteiger partial charge >= 0.3 is 0 Å². The predicted octanol–water partition coefficient (Wildman–Crippen LogP) is 1.00. The van der Waals surface area contributed by atoms with Gasteiger partial charge in [-0.1, -0.05) is 29.8 Å². The van der Waals surface area contributed by atoms with Gasteiger partial charge < -0.3 is 11.1 Å². The lowest BCUT2D eigenvalue weighted by Crippen LogP contribution is -2.27. The second-order valence-corrected chi connectivity index (χ2v) is 3.66. The van der Waals surface area contributed by atoms with Gasteiger partial charge in [-0.05, 0) is 25.5 Å². The van der Waals surface area contributed by atoms with E-state index in [-0.39, 0.29) is 5.91 Å². The summed E-state index contributed by atoms with van der Waals surface area (Å²) in [4.78, 5) is 11.4. The molecule has 0 bridgehead atoms. The summed E-state index contributed by atoms with van der Waals surface area (Å²) in [5.41, 5.74) is 7.57. The monoisotopic (exact) mass is 206 g/mol. The van der Waals surface area contributed by atoms with Gasteiger partial charge in [-0.15, -0.1) is 0 Å². The maximum absolute atomic E-state index is 11.4. The zero-order chi connectivity index (χ0) is 11.1. The molecule has 0 unspecified atom stereocenters. The first-order valence-electron chi connectivity index (χ1n) is 5.24. The quantitative estimate of drug-likeness (QED) is 0.706. The molecular formula is C12H18N2O. The molecule has 3 N–H and O–H groups in total. The first-order chi connectivity index (χ1) is 7.22. The normalized spacial score (nSPS) is 10.0. The molecule has 3 nitrogen and oxygen atoms in total. The van der Waals surface area contributed by atoms with E-state index >= 15 is 0 Å². The number of amides is 1. The standard InChI is InChI=1S/C12H18N2O/c1-10-4-2-5-11(8-10)9-12(15)14-7-3-6-13/h2,4-5,8H,3,6-7,9,13H2,1H3,(H,14,15). The second kappa shape index (κ2) is 6.19. The molecule has 0 saturated carbocycles. The van der Waals surface area contributed by atoms with Gasteiger partial charge in [0.1, 0.15) is 0 Å². The number of nitrogens with two attached hydrogens (primary N) is 1. The average molecular weight is 206 g/mol. The van der Waals surface area contributed by atoms with Crippen LogP contribution in [-0.2, 0) is 11.2 Å². The van der Waals surface area contributed by atoms with Crippen molar-refractivity contribution >= 4 is 5.91 Å². The van der Waals surface area contributed by atoms with Crippen LogP contribution in [0.1, 0.15) is 17.5 Å². The van der Waals surface area contributed by atoms with Crippen LogP contribution in [0.3, 0.4) is 0 Å². The summed E-state index contributed by atoms with van der Waals surface area (Å²) in [7, 11) is 0. The van der Waals surface area contributed by atoms with Gasteiger partial charge in [-0.2, -0.15) is 0 Å². The number of nitrogens with one attached hydrogen (secondary N) is 1. The van der Waals surface area contributed by atoms with Crippen LogP contribution >= 0.6 is 0 Å². The lowest BCUT2D eigenvalue weighted by molar-refractivity contribution is -0.120. The van der Waals surface area contributed by atoms with Crippen molar-refractivity contribution < 1.29 is 4.79 Å². The van der Waals surface area contributed by atoms with Gasteiger partial charge in [-0.25, -0.2) is 0 Å². The highest BCUT2D eigenvalue weighted by Gasteiger charge is 2.01. The van der Waals surface area contributed by atoms with E-state index < -0.39 is 0 Å². The molecule has 82 valence electrons. The van der Waals surface area contributed by atoms with Crippen LogP contribution < -0.4 is 11.1 Å². The minimum Gasteiger partial charge on any atom is -0.356 e. The molecule has 0 aliphatic heterocycles. The Kier molecular flexibility index (Phi) is 4.84. The summed E-state index contributed by atoms with van der Waals surface area (Å²) in [6, 6.07) is 7.99. The van der Waals surface area contributed by atoms with Gasteiger partial charge in [0.25, 0.3) is 0 Å². The van der Waals surface area contributed by atoms with Gasteiger partial charge in [-0.3, -0.25) is 4.79 Å². The zero-order valence-corrected chi connectivity index (χ0v) is 9.12. The Labute approximate surface area is 90.7 Å². The van der Waals surface area contributed by atoms with Crippen LogP contribution in [-0.4, -0.2) is 19.0 Å². The number of aryl methyl sites for hydroxylation is 1. The van der Waals surface area contributed by atoms with Gasteiger partial charge in [0.15, 0.2) is 0 Å². The summed E-state index contributed by atoms with van der Waals surface area (Å²) < 4.78 is 0. The van der Waals surface area contributed by atoms with Crippen molar-refractivity contribution in [2.75, 3.05) is 13.1 Å². The highest BCUT2D eigenvalue weighted by Crippen LogP contribution is 2.04. The van der Waals surface area contributed by atoms with E-state index in [9.17, 15) is 4.79 Å². The van der Waals surface area contributed by atoms with E-state index in [1.807, 2.05) is 31.2 Å². The van der Waals surface area contributed by atoms with Crippen LogP contribution in [0.5, 0.6) is 0 Å². The number of carbonyl (C=O) groups excluding carboxylic acids is 1. The van der Waals surface area contributed by atoms with E-state index in [2.05, 4.69) is 5.32 Å². The summed E-state index contributed by atoms with van der Waals surface area (Å²) in [5, 5.41) is 2.83. The average Bonchev–Trinajstić information content (AvgIpc) is 2.18. The molecule has 1 aromatic rings.